The van der Waals surface area contributed by atoms with Crippen LogP contribution >= 0.6 is 0 Å². The molecule has 0 rings (SSSR count). The van der Waals surface area contributed by atoms with Crippen molar-refractivity contribution in [2.45, 2.75) is 347 Å². The first-order valence-electron chi connectivity index (χ1n) is 34.8. The minimum absolute atomic E-state index is 0.179. The molecule has 81 heavy (non-hydrogen) atoms. The van der Waals surface area contributed by atoms with Gasteiger partial charge in [-0.2, -0.15) is 0 Å². The Morgan fingerprint density at radius 2 is 0.667 bits per heavy atom. The zero-order valence-corrected chi connectivity index (χ0v) is 54.2. The maximum atomic E-state index is 12.9. The summed E-state index contributed by atoms with van der Waals surface area (Å²) in [7, 11) is 5.99. The lowest BCUT2D eigenvalue weighted by Gasteiger charge is -2.25. The predicted octanol–water partition coefficient (Wildman–Crippen LogP) is 21.4. The number of carboxylic acids is 1. The highest BCUT2D eigenvalue weighted by Crippen LogP contribution is 2.18. The molecule has 0 aromatic heterocycles. The van der Waals surface area contributed by atoms with Crippen LogP contribution in [0, 0.1) is 0 Å². The Morgan fingerprint density at radius 1 is 0.370 bits per heavy atom. The van der Waals surface area contributed by atoms with Crippen molar-refractivity contribution in [3.63, 3.8) is 0 Å². The quantitative estimate of drug-likeness (QED) is 0.0211. The number of hydrogen-bond acceptors (Lipinski definition) is 7. The van der Waals surface area contributed by atoms with E-state index in [1.54, 1.807) is 0 Å². The third kappa shape index (κ3) is 64.7. The fourth-order valence-corrected chi connectivity index (χ4v) is 10.2. The summed E-state index contributed by atoms with van der Waals surface area (Å²) in [6, 6.07) is 0. The van der Waals surface area contributed by atoms with Gasteiger partial charge in [0.1, 0.15) is 13.2 Å². The van der Waals surface area contributed by atoms with Crippen molar-refractivity contribution in [3.8, 4) is 0 Å². The molecule has 0 aromatic carbocycles. The van der Waals surface area contributed by atoms with Crippen LogP contribution in [0.3, 0.4) is 0 Å². The second kappa shape index (κ2) is 63.3. The lowest BCUT2D eigenvalue weighted by molar-refractivity contribution is -0.870. The average molecular weight is 1140 g/mol. The van der Waals surface area contributed by atoms with Gasteiger partial charge in [-0.15, -0.1) is 0 Å². The molecular formula is C72H134NO8+. The third-order valence-corrected chi connectivity index (χ3v) is 15.6. The van der Waals surface area contributed by atoms with Crippen LogP contribution in [-0.4, -0.2) is 87.4 Å². The number of allylic oxidation sites excluding steroid dienone is 8. The number of carbonyl (C=O) groups excluding carboxylic acids is 2. The van der Waals surface area contributed by atoms with Crippen LogP contribution in [0.1, 0.15) is 335 Å². The van der Waals surface area contributed by atoms with Crippen LogP contribution < -0.4 is 0 Å². The van der Waals surface area contributed by atoms with Gasteiger partial charge in [0.2, 0.25) is 0 Å². The number of ether oxygens (including phenoxy) is 4. The number of likely N-dealkylation sites (N-methyl/N-ethyl adjacent to an activating group) is 1. The minimum Gasteiger partial charge on any atom is -0.477 e. The standard InChI is InChI=1S/C72H133NO8/c1-6-8-10-12-14-16-18-20-22-24-26-28-30-31-32-33-34-35-36-37-38-39-41-43-45-47-49-51-53-55-57-59-61-63-70(75)81-68(67-80-72(71(76)77)78-65-64-73(3,4)5)66-79-69(74)62-60-58-56-54-52-50-48-46-44-42-40-29-27-25-23-21-19-17-15-13-11-9-7-2/h18,20,24-27,30-31,68,72H,6-17,19,21-23,28-29,32-67H2,1-5H3/p+1/b20-18-,26-24-,27-25-,31-30-. The van der Waals surface area contributed by atoms with E-state index in [2.05, 4.69) is 62.5 Å². The second-order valence-corrected chi connectivity index (χ2v) is 24.8. The van der Waals surface area contributed by atoms with E-state index in [0.717, 1.165) is 51.4 Å². The number of hydrogen-bond donors (Lipinski definition) is 1. The Bertz CT molecular complexity index is 1470. The molecule has 0 bridgehead atoms. The van der Waals surface area contributed by atoms with Gasteiger partial charge in [0.05, 0.1) is 34.4 Å². The summed E-state index contributed by atoms with van der Waals surface area (Å²) in [6.07, 6.45) is 77.9. The highest BCUT2D eigenvalue weighted by atomic mass is 16.7. The molecule has 2 unspecified atom stereocenters. The molecule has 0 saturated heterocycles. The summed E-state index contributed by atoms with van der Waals surface area (Å²) in [5.41, 5.74) is 0. The van der Waals surface area contributed by atoms with Crippen LogP contribution in [0.5, 0.6) is 0 Å². The predicted molar refractivity (Wildman–Crippen MR) is 346 cm³/mol. The molecule has 0 aromatic rings. The number of rotatable bonds is 65. The molecule has 1 N–H and O–H groups in total. The van der Waals surface area contributed by atoms with Gasteiger partial charge in [-0.25, -0.2) is 4.79 Å². The summed E-state index contributed by atoms with van der Waals surface area (Å²) in [4.78, 5) is 37.6. The average Bonchev–Trinajstić information content (AvgIpc) is 3.44. The number of unbranched alkanes of at least 4 members (excludes halogenated alkanes) is 42. The third-order valence-electron chi connectivity index (χ3n) is 15.6. The van der Waals surface area contributed by atoms with Gasteiger partial charge in [0.15, 0.2) is 6.10 Å². The molecule has 0 radical (unpaired) electrons. The summed E-state index contributed by atoms with van der Waals surface area (Å²) in [6.45, 7) is 4.92. The molecule has 0 aliphatic carbocycles. The molecule has 0 spiro atoms. The minimum atomic E-state index is -1.51. The first-order valence-corrected chi connectivity index (χ1v) is 34.8. The Balaban J connectivity index is 4.08. The van der Waals surface area contributed by atoms with Crippen molar-refractivity contribution in [1.29, 1.82) is 0 Å². The zero-order valence-electron chi connectivity index (χ0n) is 54.2. The van der Waals surface area contributed by atoms with E-state index in [4.69, 9.17) is 18.9 Å². The fraction of sp³-hybridized carbons (Fsp3) is 0.847. The lowest BCUT2D eigenvalue weighted by Crippen LogP contribution is -2.40. The normalized spacial score (nSPS) is 13.0. The van der Waals surface area contributed by atoms with E-state index in [1.807, 2.05) is 21.1 Å². The van der Waals surface area contributed by atoms with Gasteiger partial charge in [-0.05, 0) is 77.0 Å². The lowest BCUT2D eigenvalue weighted by atomic mass is 10.0. The van der Waals surface area contributed by atoms with Crippen LogP contribution in [0.25, 0.3) is 0 Å². The van der Waals surface area contributed by atoms with Gasteiger partial charge < -0.3 is 28.5 Å². The molecule has 474 valence electrons. The van der Waals surface area contributed by atoms with E-state index in [0.29, 0.717) is 17.4 Å². The van der Waals surface area contributed by atoms with Gasteiger partial charge in [-0.1, -0.05) is 294 Å². The Morgan fingerprint density at radius 3 is 1.00 bits per heavy atom. The van der Waals surface area contributed by atoms with Gasteiger partial charge >= 0.3 is 17.9 Å². The van der Waals surface area contributed by atoms with Crippen LogP contribution in [0.4, 0.5) is 0 Å². The van der Waals surface area contributed by atoms with Gasteiger partial charge in [0, 0.05) is 12.8 Å². The molecule has 0 fully saturated rings. The van der Waals surface area contributed by atoms with E-state index in [9.17, 15) is 19.5 Å². The summed E-state index contributed by atoms with van der Waals surface area (Å²) in [5, 5.41) is 9.74. The van der Waals surface area contributed by atoms with Crippen LogP contribution in [0.2, 0.25) is 0 Å². The first-order chi connectivity index (χ1) is 39.6. The number of esters is 2. The number of quaternary nitrogens is 1. The van der Waals surface area contributed by atoms with Crippen molar-refractivity contribution in [3.05, 3.63) is 48.6 Å². The van der Waals surface area contributed by atoms with Crippen molar-refractivity contribution in [1.82, 2.24) is 0 Å². The molecule has 2 atom stereocenters. The molecule has 0 aliphatic rings. The van der Waals surface area contributed by atoms with Crippen molar-refractivity contribution in [2.75, 3.05) is 47.5 Å². The number of nitrogens with zero attached hydrogens (tertiary/aromatic N) is 1. The highest BCUT2D eigenvalue weighted by molar-refractivity contribution is 5.71. The van der Waals surface area contributed by atoms with E-state index < -0.39 is 18.4 Å². The second-order valence-electron chi connectivity index (χ2n) is 24.8. The smallest absolute Gasteiger partial charge is 0.361 e. The Labute approximate surface area is 502 Å². The van der Waals surface area contributed by atoms with E-state index >= 15 is 0 Å². The van der Waals surface area contributed by atoms with Crippen molar-refractivity contribution >= 4 is 17.9 Å². The number of carboxylic acid groups (broad SMARTS) is 1. The summed E-state index contributed by atoms with van der Waals surface area (Å²) >= 11 is 0. The van der Waals surface area contributed by atoms with Crippen molar-refractivity contribution < 1.29 is 42.9 Å². The maximum absolute atomic E-state index is 12.9. The largest absolute Gasteiger partial charge is 0.477 e. The monoisotopic (exact) mass is 1140 g/mol. The highest BCUT2D eigenvalue weighted by Gasteiger charge is 2.25. The van der Waals surface area contributed by atoms with Crippen LogP contribution in [-0.2, 0) is 33.3 Å². The zero-order chi connectivity index (χ0) is 59.1. The summed E-state index contributed by atoms with van der Waals surface area (Å²) < 4.78 is 23.0. The summed E-state index contributed by atoms with van der Waals surface area (Å²) in [5.74, 6) is -1.98. The van der Waals surface area contributed by atoms with E-state index in [-0.39, 0.29) is 38.2 Å². The topological polar surface area (TPSA) is 108 Å². The molecule has 0 aliphatic heterocycles. The van der Waals surface area contributed by atoms with Crippen LogP contribution in [0.15, 0.2) is 48.6 Å². The Hall–Kier alpha value is -2.75. The molecular weight excluding hydrogens is 1010 g/mol. The molecule has 9 heteroatoms. The first kappa shape index (κ1) is 78.2. The van der Waals surface area contributed by atoms with Gasteiger partial charge in [-0.3, -0.25) is 9.59 Å². The van der Waals surface area contributed by atoms with E-state index in [1.165, 1.54) is 257 Å². The Kier molecular flexibility index (Phi) is 61.1. The number of carbonyl (C=O) groups is 3. The van der Waals surface area contributed by atoms with Gasteiger partial charge in [0.25, 0.3) is 6.29 Å². The molecule has 0 heterocycles. The number of aliphatic carboxylic acids is 1. The van der Waals surface area contributed by atoms with Crippen molar-refractivity contribution in [2.24, 2.45) is 0 Å². The molecule has 0 amide bonds. The SMILES string of the molecule is CCCCCCC/C=C\C/C=C\C/C=C\CCCCCCCCCCCCCCCCCCCCC(=O)OC(COC(=O)CCCCCCCCCCCCC/C=C\CCCCCCCCCC)COC(OCC[N+](C)(C)C)C(=O)O. The molecule has 0 saturated carbocycles. The maximum Gasteiger partial charge on any atom is 0.361 e. The fourth-order valence-electron chi connectivity index (χ4n) is 10.2. The molecule has 9 nitrogen and oxygen atoms in total.